The van der Waals surface area contributed by atoms with Gasteiger partial charge in [0.05, 0.1) is 27.2 Å². The van der Waals surface area contributed by atoms with Crippen LogP contribution >= 0.6 is 0 Å². The van der Waals surface area contributed by atoms with Gasteiger partial charge >= 0.3 is 17.1 Å². The fraction of sp³-hybridized carbons (Fsp3) is 0.643. The molecule has 0 unspecified atom stereocenters. The third kappa shape index (κ3) is 18.0. The van der Waals surface area contributed by atoms with E-state index in [1.54, 1.807) is 0 Å². The number of nitrogens with zero attached hydrogens (tertiary/aromatic N) is 1. The summed E-state index contributed by atoms with van der Waals surface area (Å²) in [4.78, 5) is 0. The molecular formula is C28H48FeN+. The summed E-state index contributed by atoms with van der Waals surface area (Å²) in [5, 5.41) is 0. The van der Waals surface area contributed by atoms with E-state index in [0.29, 0.717) is 0 Å². The Bertz CT molecular complexity index is 510. The van der Waals surface area contributed by atoms with Gasteiger partial charge in [-0.3, -0.25) is 0 Å². The topological polar surface area (TPSA) is 0 Å². The van der Waals surface area contributed by atoms with E-state index in [-0.39, 0.29) is 17.1 Å². The van der Waals surface area contributed by atoms with Crippen molar-refractivity contribution >= 4 is 0 Å². The first-order chi connectivity index (χ1) is 14.1. The molecule has 0 aliphatic rings. The molecule has 0 spiro atoms. The molecule has 0 heterocycles. The first kappa shape index (κ1) is 29.2. The predicted molar refractivity (Wildman–Crippen MR) is 130 cm³/mol. The van der Waals surface area contributed by atoms with Gasteiger partial charge in [0.25, 0.3) is 0 Å². The molecule has 2 heteroatoms. The number of unbranched alkanes of at least 4 members (excludes halogenated alkanes) is 12. The van der Waals surface area contributed by atoms with Crippen LogP contribution in [0.3, 0.4) is 0 Å². The van der Waals surface area contributed by atoms with Gasteiger partial charge in [-0.05, 0) is 12.8 Å². The number of quaternary nitrogens is 1. The zero-order valence-corrected chi connectivity index (χ0v) is 21.2. The standard InChI is InChI=1S/C23H43N.C5H5.Fe/c1-4-5-6-7-8-9-10-11-12-13-14-15-18-21-24(2,3)22-23-19-16-17-20-23;1-2-4-5-3-1;/h16-17,19-20H,4-15,18,21-22H2,1-3H3;1-5H;/q;-1;+2. The first-order valence-electron chi connectivity index (χ1n) is 12.3. The van der Waals surface area contributed by atoms with Gasteiger partial charge in [0.15, 0.2) is 0 Å². The van der Waals surface area contributed by atoms with Crippen LogP contribution in [0, 0.1) is 0 Å². The summed E-state index contributed by atoms with van der Waals surface area (Å²) in [6.07, 6.45) is 18.7. The van der Waals surface area contributed by atoms with Crippen LogP contribution in [0.2, 0.25) is 0 Å². The zero-order chi connectivity index (χ0) is 21.0. The van der Waals surface area contributed by atoms with Crippen molar-refractivity contribution in [2.24, 2.45) is 0 Å². The van der Waals surface area contributed by atoms with E-state index in [2.05, 4.69) is 45.3 Å². The average Bonchev–Trinajstić information content (AvgIpc) is 3.42. The first-order valence-corrected chi connectivity index (χ1v) is 12.3. The normalized spacial score (nSPS) is 10.9. The van der Waals surface area contributed by atoms with E-state index >= 15 is 0 Å². The van der Waals surface area contributed by atoms with Gasteiger partial charge in [-0.1, -0.05) is 77.6 Å². The largest absolute Gasteiger partial charge is 2.00 e. The van der Waals surface area contributed by atoms with Crippen molar-refractivity contribution in [3.8, 4) is 0 Å². The molecule has 2 aromatic carbocycles. The molecule has 2 aromatic rings. The molecule has 0 radical (unpaired) electrons. The second kappa shape index (κ2) is 20.1. The monoisotopic (exact) mass is 454 g/mol. The number of rotatable bonds is 16. The van der Waals surface area contributed by atoms with E-state index in [4.69, 9.17) is 0 Å². The molecule has 0 saturated carbocycles. The van der Waals surface area contributed by atoms with Gasteiger partial charge in [0.1, 0.15) is 0 Å². The van der Waals surface area contributed by atoms with E-state index in [0.717, 1.165) is 4.48 Å². The molecule has 0 aromatic heterocycles. The van der Waals surface area contributed by atoms with Crippen molar-refractivity contribution in [2.75, 3.05) is 20.6 Å². The molecule has 2 rings (SSSR count). The minimum Gasteiger partial charge on any atom is -0.326 e. The fourth-order valence-corrected chi connectivity index (χ4v) is 3.97. The maximum absolute atomic E-state index is 2.37. The molecule has 0 saturated heterocycles. The summed E-state index contributed by atoms with van der Waals surface area (Å²) in [7, 11) is 4.74. The summed E-state index contributed by atoms with van der Waals surface area (Å²) >= 11 is 0. The molecule has 0 fully saturated rings. The third-order valence-electron chi connectivity index (χ3n) is 5.76. The van der Waals surface area contributed by atoms with Crippen LogP contribution in [0.25, 0.3) is 0 Å². The summed E-state index contributed by atoms with van der Waals surface area (Å²) in [5.74, 6) is 0. The summed E-state index contributed by atoms with van der Waals surface area (Å²) < 4.78 is 1.13. The van der Waals surface area contributed by atoms with Crippen molar-refractivity contribution in [3.05, 3.63) is 60.2 Å². The summed E-state index contributed by atoms with van der Waals surface area (Å²) in [6, 6.07) is 18.8. The van der Waals surface area contributed by atoms with Crippen LogP contribution in [-0.4, -0.2) is 25.1 Å². The average molecular weight is 455 g/mol. The second-order valence-electron chi connectivity index (χ2n) is 9.32. The Labute approximate surface area is 199 Å². The van der Waals surface area contributed by atoms with Crippen molar-refractivity contribution in [2.45, 2.75) is 96.9 Å². The Hall–Kier alpha value is -0.821. The Balaban J connectivity index is 0.00000122. The molecule has 172 valence electrons. The van der Waals surface area contributed by atoms with Gasteiger partial charge in [0, 0.05) is 0 Å². The van der Waals surface area contributed by atoms with Crippen molar-refractivity contribution < 1.29 is 21.6 Å². The molecule has 0 amide bonds. The molecule has 1 nitrogen and oxygen atoms in total. The quantitative estimate of drug-likeness (QED) is 0.103. The Morgan fingerprint density at radius 3 is 1.57 bits per heavy atom. The van der Waals surface area contributed by atoms with E-state index in [1.165, 1.54) is 102 Å². The van der Waals surface area contributed by atoms with E-state index in [1.807, 2.05) is 30.3 Å². The maximum Gasteiger partial charge on any atom is 2.00 e. The zero-order valence-electron chi connectivity index (χ0n) is 20.1. The Kier molecular flexibility index (Phi) is 19.6. The molecule has 0 aliphatic carbocycles. The third-order valence-corrected chi connectivity index (χ3v) is 5.76. The van der Waals surface area contributed by atoms with Crippen molar-refractivity contribution in [3.63, 3.8) is 0 Å². The van der Waals surface area contributed by atoms with Crippen LogP contribution in [-0.2, 0) is 23.6 Å². The van der Waals surface area contributed by atoms with Gasteiger partial charge in [-0.25, -0.2) is 24.3 Å². The minimum absolute atomic E-state index is 0. The Morgan fingerprint density at radius 2 is 1.17 bits per heavy atom. The Morgan fingerprint density at radius 1 is 0.667 bits per heavy atom. The van der Waals surface area contributed by atoms with Crippen LogP contribution in [0.5, 0.6) is 0 Å². The number of hydrogen-bond donors (Lipinski definition) is 0. The SMILES string of the molecule is CCCCCCCCCCCCCCC[N+](C)(C)Cc1ccc[cH-]1.[Fe+2].c1cc[cH-]c1. The minimum atomic E-state index is 0. The second-order valence-corrected chi connectivity index (χ2v) is 9.32. The molecule has 0 bridgehead atoms. The van der Waals surface area contributed by atoms with Crippen molar-refractivity contribution in [1.29, 1.82) is 0 Å². The summed E-state index contributed by atoms with van der Waals surface area (Å²) in [6.45, 7) is 4.78. The summed E-state index contributed by atoms with van der Waals surface area (Å²) in [5.41, 5.74) is 1.48. The van der Waals surface area contributed by atoms with Gasteiger partial charge in [-0.2, -0.15) is 30.3 Å². The number of hydrogen-bond acceptors (Lipinski definition) is 0. The molecular weight excluding hydrogens is 406 g/mol. The predicted octanol–water partition coefficient (Wildman–Crippen LogP) is 8.48. The fourth-order valence-electron chi connectivity index (χ4n) is 3.97. The van der Waals surface area contributed by atoms with E-state index < -0.39 is 0 Å². The van der Waals surface area contributed by atoms with Crippen LogP contribution in [0.1, 0.15) is 96.0 Å². The smallest absolute Gasteiger partial charge is 0.326 e. The molecule has 30 heavy (non-hydrogen) atoms. The van der Waals surface area contributed by atoms with Gasteiger partial charge < -0.3 is 4.48 Å². The molecule has 0 atom stereocenters. The van der Waals surface area contributed by atoms with Gasteiger partial charge in [-0.15, -0.1) is 5.56 Å². The van der Waals surface area contributed by atoms with Crippen LogP contribution in [0.15, 0.2) is 54.6 Å². The molecule has 0 aliphatic heterocycles. The van der Waals surface area contributed by atoms with Crippen LogP contribution < -0.4 is 0 Å². The van der Waals surface area contributed by atoms with Gasteiger partial charge in [0.2, 0.25) is 0 Å². The van der Waals surface area contributed by atoms with Crippen LogP contribution in [0.4, 0.5) is 0 Å². The van der Waals surface area contributed by atoms with E-state index in [9.17, 15) is 0 Å². The molecule has 0 N–H and O–H groups in total. The maximum atomic E-state index is 2.37. The van der Waals surface area contributed by atoms with Crippen molar-refractivity contribution in [1.82, 2.24) is 0 Å².